The molecule has 0 saturated carbocycles. The largest absolute Gasteiger partial charge is 0.573 e. The molecule has 0 amide bonds. The molecule has 0 aromatic heterocycles. The van der Waals surface area contributed by atoms with Crippen molar-refractivity contribution in [3.8, 4) is 5.75 Å². The molecule has 0 heterocycles. The molecule has 0 radical (unpaired) electrons. The maximum atomic E-state index is 12.1. The Labute approximate surface area is 118 Å². The minimum absolute atomic E-state index is 0.232. The second kappa shape index (κ2) is 6.20. The summed E-state index contributed by atoms with van der Waals surface area (Å²) in [6, 6.07) is 2.61. The van der Waals surface area contributed by atoms with Gasteiger partial charge in [0, 0.05) is 6.07 Å². The van der Waals surface area contributed by atoms with Crippen LogP contribution in [0.4, 0.5) is 18.9 Å². The SMILES string of the molecule is CCS(=O)(=O)Nc1cc(OC(F)(F)F)ccc1C(=O)OC. The zero-order valence-corrected chi connectivity index (χ0v) is 11.8. The number of nitrogens with one attached hydrogen (secondary N) is 1. The third kappa shape index (κ3) is 5.14. The number of sulfonamides is 1. The third-order valence-corrected chi connectivity index (χ3v) is 3.57. The van der Waals surface area contributed by atoms with E-state index in [1.807, 2.05) is 4.72 Å². The van der Waals surface area contributed by atoms with Crippen molar-refractivity contribution < 1.29 is 35.9 Å². The lowest BCUT2D eigenvalue weighted by molar-refractivity contribution is -0.274. The van der Waals surface area contributed by atoms with Gasteiger partial charge in [-0.2, -0.15) is 0 Å². The molecule has 1 aromatic rings. The molecule has 1 rings (SSSR count). The lowest BCUT2D eigenvalue weighted by Crippen LogP contribution is -2.19. The first-order chi connectivity index (χ1) is 9.58. The van der Waals surface area contributed by atoms with Gasteiger partial charge >= 0.3 is 12.3 Å². The first-order valence-corrected chi connectivity index (χ1v) is 7.22. The van der Waals surface area contributed by atoms with Gasteiger partial charge in [0.1, 0.15) is 5.75 Å². The summed E-state index contributed by atoms with van der Waals surface area (Å²) >= 11 is 0. The van der Waals surface area contributed by atoms with Crippen LogP contribution in [0.1, 0.15) is 17.3 Å². The lowest BCUT2D eigenvalue weighted by atomic mass is 10.2. The van der Waals surface area contributed by atoms with E-state index >= 15 is 0 Å². The highest BCUT2D eigenvalue weighted by Crippen LogP contribution is 2.28. The van der Waals surface area contributed by atoms with Crippen molar-refractivity contribution in [2.45, 2.75) is 13.3 Å². The number of alkyl halides is 3. The van der Waals surface area contributed by atoms with Crippen LogP contribution in [0.2, 0.25) is 0 Å². The molecule has 118 valence electrons. The van der Waals surface area contributed by atoms with E-state index in [4.69, 9.17) is 0 Å². The number of carbonyl (C=O) groups is 1. The highest BCUT2D eigenvalue weighted by Gasteiger charge is 2.31. The molecule has 0 fully saturated rings. The van der Waals surface area contributed by atoms with Gasteiger partial charge in [-0.1, -0.05) is 0 Å². The Kier molecular flexibility index (Phi) is 5.05. The summed E-state index contributed by atoms with van der Waals surface area (Å²) in [4.78, 5) is 11.5. The molecule has 0 aliphatic heterocycles. The van der Waals surface area contributed by atoms with Crippen molar-refractivity contribution in [2.75, 3.05) is 17.6 Å². The third-order valence-electron chi connectivity index (χ3n) is 2.28. The summed E-state index contributed by atoms with van der Waals surface area (Å²) in [5.74, 6) is -1.89. The van der Waals surface area contributed by atoms with Crippen LogP contribution in [0.15, 0.2) is 18.2 Å². The maximum Gasteiger partial charge on any atom is 0.573 e. The number of carbonyl (C=O) groups excluding carboxylic acids is 1. The molecule has 21 heavy (non-hydrogen) atoms. The second-order valence-electron chi connectivity index (χ2n) is 3.75. The van der Waals surface area contributed by atoms with Crippen molar-refractivity contribution in [1.29, 1.82) is 0 Å². The number of hydrogen-bond acceptors (Lipinski definition) is 5. The average molecular weight is 327 g/mol. The van der Waals surface area contributed by atoms with Gasteiger partial charge in [0.2, 0.25) is 10.0 Å². The van der Waals surface area contributed by atoms with Crippen LogP contribution >= 0.6 is 0 Å². The number of rotatable bonds is 5. The second-order valence-corrected chi connectivity index (χ2v) is 5.76. The molecule has 0 saturated heterocycles. The summed E-state index contributed by atoms with van der Waals surface area (Å²) in [7, 11) is -2.74. The molecule has 1 aromatic carbocycles. The molecule has 0 aliphatic rings. The number of methoxy groups -OCH3 is 1. The van der Waals surface area contributed by atoms with Crippen LogP contribution in [0.5, 0.6) is 5.75 Å². The molecule has 0 aliphatic carbocycles. The highest BCUT2D eigenvalue weighted by molar-refractivity contribution is 7.92. The van der Waals surface area contributed by atoms with Gasteiger partial charge in [-0.25, -0.2) is 13.2 Å². The zero-order valence-electron chi connectivity index (χ0n) is 11.0. The van der Waals surface area contributed by atoms with Gasteiger partial charge in [0.25, 0.3) is 0 Å². The predicted octanol–water partition coefficient (Wildman–Crippen LogP) is 2.13. The van der Waals surface area contributed by atoms with Crippen molar-refractivity contribution in [1.82, 2.24) is 0 Å². The van der Waals surface area contributed by atoms with Gasteiger partial charge in [-0.05, 0) is 19.1 Å². The molecular formula is C11H12F3NO5S. The smallest absolute Gasteiger partial charge is 0.465 e. The number of hydrogen-bond donors (Lipinski definition) is 1. The fraction of sp³-hybridized carbons (Fsp3) is 0.364. The van der Waals surface area contributed by atoms with Crippen LogP contribution in [0.3, 0.4) is 0 Å². The molecule has 0 spiro atoms. The Morgan fingerprint density at radius 2 is 1.95 bits per heavy atom. The normalized spacial score (nSPS) is 11.9. The maximum absolute atomic E-state index is 12.1. The van der Waals surface area contributed by atoms with Crippen LogP contribution in [-0.2, 0) is 14.8 Å². The number of halogens is 3. The van der Waals surface area contributed by atoms with E-state index in [0.717, 1.165) is 25.3 Å². The molecule has 1 N–H and O–H groups in total. The van der Waals surface area contributed by atoms with E-state index in [1.165, 1.54) is 6.92 Å². The van der Waals surface area contributed by atoms with Gasteiger partial charge in [-0.3, -0.25) is 4.72 Å². The molecular weight excluding hydrogens is 315 g/mol. The van der Waals surface area contributed by atoms with Gasteiger partial charge in [0.15, 0.2) is 0 Å². The fourth-order valence-electron chi connectivity index (χ4n) is 1.33. The van der Waals surface area contributed by atoms with E-state index in [1.54, 1.807) is 0 Å². The van der Waals surface area contributed by atoms with Crippen LogP contribution < -0.4 is 9.46 Å². The number of ether oxygens (including phenoxy) is 2. The van der Waals surface area contributed by atoms with Gasteiger partial charge < -0.3 is 9.47 Å². The summed E-state index contributed by atoms with van der Waals surface area (Å²) in [5, 5.41) is 0. The molecule has 6 nitrogen and oxygen atoms in total. The quantitative estimate of drug-likeness (QED) is 0.838. The summed E-state index contributed by atoms with van der Waals surface area (Å²) < 4.78 is 69.6. The van der Waals surface area contributed by atoms with Crippen molar-refractivity contribution in [3.63, 3.8) is 0 Å². The molecule has 0 bridgehead atoms. The topological polar surface area (TPSA) is 81.7 Å². The van der Waals surface area contributed by atoms with Gasteiger partial charge in [-0.15, -0.1) is 13.2 Å². The summed E-state index contributed by atoms with van der Waals surface area (Å²) in [5.41, 5.74) is -0.588. The molecule has 0 atom stereocenters. The Morgan fingerprint density at radius 1 is 1.33 bits per heavy atom. The Bertz CT molecular complexity index is 627. The Balaban J connectivity index is 3.26. The van der Waals surface area contributed by atoms with Crippen molar-refractivity contribution in [3.05, 3.63) is 23.8 Å². The van der Waals surface area contributed by atoms with E-state index in [2.05, 4.69) is 9.47 Å². The summed E-state index contributed by atoms with van der Waals surface area (Å²) in [6.07, 6.45) is -4.94. The zero-order chi connectivity index (χ0) is 16.3. The fourth-order valence-corrected chi connectivity index (χ4v) is 1.98. The average Bonchev–Trinajstić information content (AvgIpc) is 2.36. The van der Waals surface area contributed by atoms with Crippen LogP contribution in [0, 0.1) is 0 Å². The summed E-state index contributed by atoms with van der Waals surface area (Å²) in [6.45, 7) is 1.33. The van der Waals surface area contributed by atoms with E-state index in [-0.39, 0.29) is 17.0 Å². The number of esters is 1. The standard InChI is InChI=1S/C11H12F3NO5S/c1-3-21(17,18)15-9-6-7(20-11(12,13)14)4-5-8(9)10(16)19-2/h4-6,15H,3H2,1-2H3. The Hall–Kier alpha value is -1.97. The molecule has 10 heteroatoms. The van der Waals surface area contributed by atoms with E-state index in [9.17, 15) is 26.4 Å². The van der Waals surface area contributed by atoms with Gasteiger partial charge in [0.05, 0.1) is 24.1 Å². The van der Waals surface area contributed by atoms with Crippen molar-refractivity contribution in [2.24, 2.45) is 0 Å². The monoisotopic (exact) mass is 327 g/mol. The highest BCUT2D eigenvalue weighted by atomic mass is 32.2. The minimum Gasteiger partial charge on any atom is -0.465 e. The minimum atomic E-state index is -4.94. The lowest BCUT2D eigenvalue weighted by Gasteiger charge is -2.14. The number of anilines is 1. The molecule has 0 unspecified atom stereocenters. The first kappa shape index (κ1) is 17.1. The van der Waals surface area contributed by atoms with Crippen LogP contribution in [0.25, 0.3) is 0 Å². The Morgan fingerprint density at radius 3 is 2.43 bits per heavy atom. The van der Waals surface area contributed by atoms with Crippen LogP contribution in [-0.4, -0.2) is 33.6 Å². The van der Waals surface area contributed by atoms with Crippen molar-refractivity contribution >= 4 is 21.7 Å². The van der Waals surface area contributed by atoms with E-state index in [0.29, 0.717) is 0 Å². The number of benzene rings is 1. The predicted molar refractivity (Wildman–Crippen MR) is 67.5 cm³/mol. The van der Waals surface area contributed by atoms with E-state index < -0.39 is 28.1 Å². The first-order valence-electron chi connectivity index (χ1n) is 5.56.